The van der Waals surface area contributed by atoms with Crippen molar-refractivity contribution in [2.45, 2.75) is 37.4 Å². The van der Waals surface area contributed by atoms with Crippen LogP contribution in [0, 0.1) is 5.92 Å². The number of amides is 2. The van der Waals surface area contributed by atoms with E-state index in [0.29, 0.717) is 36.0 Å². The molecule has 0 radical (unpaired) electrons. The highest BCUT2D eigenvalue weighted by Gasteiger charge is 2.32. The largest absolute Gasteiger partial charge is 0.416 e. The molecule has 0 bridgehead atoms. The molecule has 0 atom stereocenters. The number of rotatable bonds is 6. The molecular weight excluding hydrogens is 531 g/mol. The van der Waals surface area contributed by atoms with Crippen molar-refractivity contribution in [3.8, 4) is 0 Å². The average Bonchev–Trinajstić information content (AvgIpc) is 3.19. The van der Waals surface area contributed by atoms with Crippen LogP contribution in [0.3, 0.4) is 0 Å². The smallest absolute Gasteiger partial charge is 0.341 e. The van der Waals surface area contributed by atoms with Crippen LogP contribution in [0.1, 0.15) is 25.3 Å². The van der Waals surface area contributed by atoms with Gasteiger partial charge in [0.25, 0.3) is 0 Å². The first kappa shape index (κ1) is 27.0. The van der Waals surface area contributed by atoms with Gasteiger partial charge in [0, 0.05) is 30.2 Å². The summed E-state index contributed by atoms with van der Waals surface area (Å²) in [6, 6.07) is 8.99. The van der Waals surface area contributed by atoms with Crippen LogP contribution in [-0.4, -0.2) is 48.5 Å². The zero-order valence-corrected chi connectivity index (χ0v) is 21.5. The molecule has 1 aliphatic rings. The van der Waals surface area contributed by atoms with Gasteiger partial charge in [-0.15, -0.1) is 0 Å². The minimum Gasteiger partial charge on any atom is -0.341 e. The van der Waals surface area contributed by atoms with Crippen LogP contribution in [0.5, 0.6) is 0 Å². The van der Waals surface area contributed by atoms with E-state index in [0.717, 1.165) is 25.0 Å². The number of para-hydroxylation sites is 1. The van der Waals surface area contributed by atoms with E-state index in [9.17, 15) is 31.2 Å². The Morgan fingerprint density at radius 2 is 1.78 bits per heavy atom. The standard InChI is InChI=1S/C25H25ClF3N3O4S/c1-16-8-10-31(11-9-16)24(34)14-32-13-22(18-4-2-3-5-21(18)32)37(35,36)15-23(33)30-20-12-17(25(27,28)29)6-7-19(20)26/h2-7,12-13,16H,8-11,14-15H2,1H3,(H,30,33). The van der Waals surface area contributed by atoms with Gasteiger partial charge in [-0.25, -0.2) is 8.42 Å². The van der Waals surface area contributed by atoms with Gasteiger partial charge in [-0.05, 0) is 43.0 Å². The lowest BCUT2D eigenvalue weighted by atomic mass is 9.99. The van der Waals surface area contributed by atoms with Gasteiger partial charge in [0.15, 0.2) is 9.84 Å². The summed E-state index contributed by atoms with van der Waals surface area (Å²) in [5.74, 6) is -1.65. The summed E-state index contributed by atoms with van der Waals surface area (Å²) in [7, 11) is -4.23. The molecule has 1 saturated heterocycles. The lowest BCUT2D eigenvalue weighted by Crippen LogP contribution is -2.39. The van der Waals surface area contributed by atoms with Crippen LogP contribution in [0.2, 0.25) is 5.02 Å². The third kappa shape index (κ3) is 6.10. The number of sulfone groups is 1. The van der Waals surface area contributed by atoms with Crippen LogP contribution >= 0.6 is 11.6 Å². The molecular formula is C25H25ClF3N3O4S. The Labute approximate surface area is 217 Å². The molecule has 1 aliphatic heterocycles. The van der Waals surface area contributed by atoms with Gasteiger partial charge in [0.2, 0.25) is 11.8 Å². The second-order valence-electron chi connectivity index (χ2n) is 9.20. The molecule has 37 heavy (non-hydrogen) atoms. The highest BCUT2D eigenvalue weighted by molar-refractivity contribution is 7.92. The predicted molar refractivity (Wildman–Crippen MR) is 134 cm³/mol. The zero-order chi connectivity index (χ0) is 27.0. The average molecular weight is 556 g/mol. The fourth-order valence-electron chi connectivity index (χ4n) is 4.33. The number of carbonyl (C=O) groups excluding carboxylic acids is 2. The number of anilines is 1. The van der Waals surface area contributed by atoms with Crippen LogP contribution in [0.4, 0.5) is 18.9 Å². The van der Waals surface area contributed by atoms with Gasteiger partial charge in [0.05, 0.1) is 21.2 Å². The van der Waals surface area contributed by atoms with Crippen molar-refractivity contribution < 1.29 is 31.2 Å². The molecule has 2 heterocycles. The van der Waals surface area contributed by atoms with E-state index in [2.05, 4.69) is 12.2 Å². The van der Waals surface area contributed by atoms with Crippen molar-refractivity contribution in [1.82, 2.24) is 9.47 Å². The van der Waals surface area contributed by atoms with E-state index in [1.807, 2.05) is 0 Å². The third-order valence-corrected chi connectivity index (χ3v) is 8.39. The molecule has 12 heteroatoms. The normalized spacial score (nSPS) is 15.2. The molecule has 3 aromatic rings. The number of fused-ring (bicyclic) bond motifs is 1. The molecule has 2 amide bonds. The minimum absolute atomic E-state index is 0.0591. The Hall–Kier alpha value is -3.05. The Balaban J connectivity index is 1.56. The summed E-state index contributed by atoms with van der Waals surface area (Å²) in [6.07, 6.45) is -1.53. The van der Waals surface area contributed by atoms with Crippen LogP contribution in [0.15, 0.2) is 53.6 Å². The van der Waals surface area contributed by atoms with Gasteiger partial charge in [-0.2, -0.15) is 13.2 Å². The van der Waals surface area contributed by atoms with Crippen molar-refractivity contribution in [2.24, 2.45) is 5.92 Å². The van der Waals surface area contributed by atoms with Gasteiger partial charge < -0.3 is 14.8 Å². The first-order valence-corrected chi connectivity index (χ1v) is 13.6. The highest BCUT2D eigenvalue weighted by Crippen LogP contribution is 2.34. The number of likely N-dealkylation sites (tertiary alicyclic amines) is 1. The Morgan fingerprint density at radius 1 is 1.11 bits per heavy atom. The second kappa shape index (κ2) is 10.4. The van der Waals surface area contributed by atoms with Crippen LogP contribution < -0.4 is 5.32 Å². The molecule has 0 saturated carbocycles. The van der Waals surface area contributed by atoms with Crippen molar-refractivity contribution >= 4 is 49.8 Å². The number of nitrogens with one attached hydrogen (secondary N) is 1. The van der Waals surface area contributed by atoms with E-state index in [1.54, 1.807) is 33.7 Å². The fourth-order valence-corrected chi connectivity index (χ4v) is 5.86. The first-order valence-electron chi connectivity index (χ1n) is 11.6. The van der Waals surface area contributed by atoms with E-state index in [1.165, 1.54) is 6.20 Å². The molecule has 1 fully saturated rings. The maximum atomic E-state index is 13.2. The number of hydrogen-bond donors (Lipinski definition) is 1. The Kier molecular flexibility index (Phi) is 7.57. The van der Waals surface area contributed by atoms with Gasteiger partial charge in [0.1, 0.15) is 12.3 Å². The number of piperidine rings is 1. The quantitative estimate of drug-likeness (QED) is 0.464. The monoisotopic (exact) mass is 555 g/mol. The molecule has 7 nitrogen and oxygen atoms in total. The van der Waals surface area contributed by atoms with Crippen LogP contribution in [-0.2, 0) is 32.1 Å². The molecule has 0 aliphatic carbocycles. The number of hydrogen-bond acceptors (Lipinski definition) is 4. The van der Waals surface area contributed by atoms with E-state index in [4.69, 9.17) is 11.6 Å². The van der Waals surface area contributed by atoms with Crippen molar-refractivity contribution in [2.75, 3.05) is 24.2 Å². The maximum Gasteiger partial charge on any atom is 0.416 e. The molecule has 4 rings (SSSR count). The summed E-state index contributed by atoms with van der Waals surface area (Å²) in [5, 5.41) is 2.34. The number of carbonyl (C=O) groups is 2. The minimum atomic E-state index is -4.66. The lowest BCUT2D eigenvalue weighted by molar-refractivity contribution is -0.137. The number of halogens is 4. The summed E-state index contributed by atoms with van der Waals surface area (Å²) in [6.45, 7) is 3.36. The van der Waals surface area contributed by atoms with E-state index in [-0.39, 0.29) is 28.1 Å². The molecule has 2 aromatic carbocycles. The molecule has 1 aromatic heterocycles. The van der Waals surface area contributed by atoms with Gasteiger partial charge in [-0.1, -0.05) is 36.7 Å². The van der Waals surface area contributed by atoms with Crippen molar-refractivity contribution in [3.63, 3.8) is 0 Å². The summed E-state index contributed by atoms with van der Waals surface area (Å²) >= 11 is 5.91. The van der Waals surface area contributed by atoms with Gasteiger partial charge in [-0.3, -0.25) is 9.59 Å². The third-order valence-electron chi connectivity index (χ3n) is 6.42. The fraction of sp³-hybridized carbons (Fsp3) is 0.360. The molecule has 0 spiro atoms. The van der Waals surface area contributed by atoms with E-state index >= 15 is 0 Å². The number of benzene rings is 2. The second-order valence-corrected chi connectivity index (χ2v) is 11.6. The molecule has 1 N–H and O–H groups in total. The maximum absolute atomic E-state index is 13.2. The summed E-state index contributed by atoms with van der Waals surface area (Å²) in [5.41, 5.74) is -0.868. The Bertz CT molecular complexity index is 1450. The van der Waals surface area contributed by atoms with Crippen molar-refractivity contribution in [3.05, 3.63) is 59.2 Å². The SMILES string of the molecule is CC1CCN(C(=O)Cn2cc(S(=O)(=O)CC(=O)Nc3cc(C(F)(F)F)ccc3Cl)c3ccccc32)CC1. The highest BCUT2D eigenvalue weighted by atomic mass is 35.5. The predicted octanol–water partition coefficient (Wildman–Crippen LogP) is 4.98. The lowest BCUT2D eigenvalue weighted by Gasteiger charge is -2.30. The Morgan fingerprint density at radius 3 is 2.46 bits per heavy atom. The summed E-state index contributed by atoms with van der Waals surface area (Å²) < 4.78 is 67.0. The number of alkyl halides is 3. The molecule has 198 valence electrons. The zero-order valence-electron chi connectivity index (χ0n) is 19.9. The molecule has 0 unspecified atom stereocenters. The van der Waals surface area contributed by atoms with Crippen molar-refractivity contribution in [1.29, 1.82) is 0 Å². The number of nitrogens with zero attached hydrogens (tertiary/aromatic N) is 2. The van der Waals surface area contributed by atoms with Crippen LogP contribution in [0.25, 0.3) is 10.9 Å². The summed E-state index contributed by atoms with van der Waals surface area (Å²) in [4.78, 5) is 27.1. The topological polar surface area (TPSA) is 88.5 Å². The van der Waals surface area contributed by atoms with Gasteiger partial charge >= 0.3 is 6.18 Å². The number of aromatic nitrogens is 1. The van der Waals surface area contributed by atoms with E-state index < -0.39 is 33.2 Å². The first-order chi connectivity index (χ1) is 17.3.